The van der Waals surface area contributed by atoms with Crippen LogP contribution in [-0.4, -0.2) is 21.6 Å². The highest BCUT2D eigenvalue weighted by Crippen LogP contribution is 2.26. The molecule has 1 atom stereocenters. The predicted octanol–water partition coefficient (Wildman–Crippen LogP) is 4.64. The minimum Gasteiger partial charge on any atom is -0.461 e. The van der Waals surface area contributed by atoms with Gasteiger partial charge in [0.15, 0.2) is 0 Å². The topological polar surface area (TPSA) is 43.4 Å². The first-order valence-corrected chi connectivity index (χ1v) is 7.69. The molecule has 0 unspecified atom stereocenters. The summed E-state index contributed by atoms with van der Waals surface area (Å²) >= 11 is 21.8. The van der Waals surface area contributed by atoms with Gasteiger partial charge < -0.3 is 4.74 Å². The first-order valence-electron chi connectivity index (χ1n) is 6.18. The van der Waals surface area contributed by atoms with Crippen LogP contribution in [0.3, 0.4) is 0 Å². The lowest BCUT2D eigenvalue weighted by atomic mass is 9.99. The second-order valence-corrected chi connectivity index (χ2v) is 7.22. The van der Waals surface area contributed by atoms with Crippen molar-refractivity contribution in [2.24, 2.45) is 5.92 Å². The molecule has 0 heterocycles. The number of unbranched alkanes of at least 4 members (excludes halogenated alkanes) is 3. The SMILES string of the molecule is CCCCCC[C@H](CC(=O)OCC(Cl)(Cl)Cl)C(=O)Cl. The number of esters is 1. The fourth-order valence-corrected chi connectivity index (χ4v) is 1.89. The zero-order valence-electron chi connectivity index (χ0n) is 10.8. The summed E-state index contributed by atoms with van der Waals surface area (Å²) in [5.41, 5.74) is 0. The van der Waals surface area contributed by atoms with E-state index in [1.54, 1.807) is 0 Å². The molecule has 19 heavy (non-hydrogen) atoms. The van der Waals surface area contributed by atoms with Crippen molar-refractivity contribution in [1.82, 2.24) is 0 Å². The normalized spacial score (nSPS) is 13.1. The van der Waals surface area contributed by atoms with Crippen molar-refractivity contribution in [3.8, 4) is 0 Å². The van der Waals surface area contributed by atoms with Crippen LogP contribution in [0.5, 0.6) is 0 Å². The van der Waals surface area contributed by atoms with E-state index in [1.165, 1.54) is 0 Å². The fraction of sp³-hybridized carbons (Fsp3) is 0.833. The molecule has 3 nitrogen and oxygen atoms in total. The molecular weight excluding hydrogens is 334 g/mol. The summed E-state index contributed by atoms with van der Waals surface area (Å²) < 4.78 is 3.13. The highest BCUT2D eigenvalue weighted by Gasteiger charge is 2.25. The minimum atomic E-state index is -1.64. The molecule has 7 heteroatoms. The van der Waals surface area contributed by atoms with Gasteiger partial charge in [-0.2, -0.15) is 0 Å². The molecule has 0 aliphatic carbocycles. The second-order valence-electron chi connectivity index (χ2n) is 4.33. The van der Waals surface area contributed by atoms with Gasteiger partial charge in [0, 0.05) is 5.92 Å². The third-order valence-corrected chi connectivity index (χ3v) is 3.17. The number of ether oxygens (including phenoxy) is 1. The number of hydrogen-bond acceptors (Lipinski definition) is 3. The van der Waals surface area contributed by atoms with E-state index in [0.29, 0.717) is 6.42 Å². The van der Waals surface area contributed by atoms with E-state index >= 15 is 0 Å². The van der Waals surface area contributed by atoms with Crippen molar-refractivity contribution in [3.63, 3.8) is 0 Å². The van der Waals surface area contributed by atoms with E-state index < -0.39 is 20.9 Å². The van der Waals surface area contributed by atoms with E-state index in [-0.39, 0.29) is 13.0 Å². The maximum absolute atomic E-state index is 11.5. The van der Waals surface area contributed by atoms with Gasteiger partial charge in [-0.3, -0.25) is 9.59 Å². The van der Waals surface area contributed by atoms with E-state index in [2.05, 4.69) is 6.92 Å². The van der Waals surface area contributed by atoms with Gasteiger partial charge in [-0.05, 0) is 18.0 Å². The highest BCUT2D eigenvalue weighted by molar-refractivity contribution is 6.67. The maximum atomic E-state index is 11.5. The van der Waals surface area contributed by atoms with E-state index in [9.17, 15) is 9.59 Å². The lowest BCUT2D eigenvalue weighted by Gasteiger charge is -2.14. The average Bonchev–Trinajstić information content (AvgIpc) is 2.29. The molecular formula is C12H18Cl4O3. The Morgan fingerprint density at radius 2 is 1.79 bits per heavy atom. The number of hydrogen-bond donors (Lipinski definition) is 0. The van der Waals surface area contributed by atoms with Crippen LogP contribution in [-0.2, 0) is 14.3 Å². The van der Waals surface area contributed by atoms with Gasteiger partial charge in [-0.1, -0.05) is 67.4 Å². The molecule has 0 radical (unpaired) electrons. The third kappa shape index (κ3) is 11.8. The Bertz CT molecular complexity index is 289. The van der Waals surface area contributed by atoms with Crippen LogP contribution in [0.4, 0.5) is 0 Å². The fourth-order valence-electron chi connectivity index (χ4n) is 1.54. The van der Waals surface area contributed by atoms with Gasteiger partial charge in [0.05, 0.1) is 6.42 Å². The quantitative estimate of drug-likeness (QED) is 0.263. The summed E-state index contributed by atoms with van der Waals surface area (Å²) in [5, 5.41) is -0.526. The number of carbonyl (C=O) groups excluding carboxylic acids is 2. The molecule has 0 rings (SSSR count). The number of rotatable bonds is 9. The molecule has 0 aromatic heterocycles. The zero-order chi connectivity index (χ0) is 14.9. The van der Waals surface area contributed by atoms with Gasteiger partial charge in [-0.15, -0.1) is 0 Å². The maximum Gasteiger partial charge on any atom is 0.306 e. The van der Waals surface area contributed by atoms with Crippen molar-refractivity contribution in [2.45, 2.75) is 49.2 Å². The first kappa shape index (κ1) is 19.3. The number of alkyl halides is 3. The second kappa shape index (κ2) is 10.1. The summed E-state index contributed by atoms with van der Waals surface area (Å²) in [6, 6.07) is 0. The summed E-state index contributed by atoms with van der Waals surface area (Å²) in [6.07, 6.45) is 4.57. The summed E-state index contributed by atoms with van der Waals surface area (Å²) in [7, 11) is 0. The molecule has 0 fully saturated rings. The van der Waals surface area contributed by atoms with Crippen LogP contribution in [0, 0.1) is 5.92 Å². The molecule has 0 bridgehead atoms. The lowest BCUT2D eigenvalue weighted by Crippen LogP contribution is -2.21. The van der Waals surface area contributed by atoms with Crippen molar-refractivity contribution >= 4 is 57.6 Å². The van der Waals surface area contributed by atoms with Crippen LogP contribution in [0.2, 0.25) is 0 Å². The van der Waals surface area contributed by atoms with Crippen molar-refractivity contribution in [3.05, 3.63) is 0 Å². The van der Waals surface area contributed by atoms with E-state index in [1.807, 2.05) is 0 Å². The van der Waals surface area contributed by atoms with Crippen molar-refractivity contribution < 1.29 is 14.3 Å². The summed E-state index contributed by atoms with van der Waals surface area (Å²) in [4.78, 5) is 22.7. The van der Waals surface area contributed by atoms with Crippen molar-refractivity contribution in [2.75, 3.05) is 6.61 Å². The Kier molecular flexibility index (Phi) is 10.2. The third-order valence-electron chi connectivity index (χ3n) is 2.54. The van der Waals surface area contributed by atoms with Gasteiger partial charge in [0.1, 0.15) is 6.61 Å². The molecule has 0 saturated carbocycles. The van der Waals surface area contributed by atoms with Gasteiger partial charge in [-0.25, -0.2) is 0 Å². The monoisotopic (exact) mass is 350 g/mol. The molecule has 0 aromatic rings. The first-order chi connectivity index (χ1) is 8.76. The summed E-state index contributed by atoms with van der Waals surface area (Å²) in [5.74, 6) is -1.11. The molecule has 0 aliphatic rings. The molecule has 0 saturated heterocycles. The molecule has 112 valence electrons. The molecule has 0 spiro atoms. The predicted molar refractivity (Wildman–Crippen MR) is 79.0 cm³/mol. The van der Waals surface area contributed by atoms with Gasteiger partial charge in [0.25, 0.3) is 0 Å². The van der Waals surface area contributed by atoms with Crippen LogP contribution in [0.15, 0.2) is 0 Å². The van der Waals surface area contributed by atoms with Crippen LogP contribution < -0.4 is 0 Å². The van der Waals surface area contributed by atoms with Gasteiger partial charge >= 0.3 is 5.97 Å². The largest absolute Gasteiger partial charge is 0.461 e. The molecule has 0 aromatic carbocycles. The zero-order valence-corrected chi connectivity index (χ0v) is 13.8. The Hall–Kier alpha value is 0.300. The highest BCUT2D eigenvalue weighted by atomic mass is 35.6. The van der Waals surface area contributed by atoms with Crippen molar-refractivity contribution in [1.29, 1.82) is 0 Å². The summed E-state index contributed by atoms with van der Waals surface area (Å²) in [6.45, 7) is 1.76. The van der Waals surface area contributed by atoms with E-state index in [0.717, 1.165) is 25.7 Å². The molecule has 0 amide bonds. The lowest BCUT2D eigenvalue weighted by molar-refractivity contribution is -0.145. The minimum absolute atomic E-state index is 0.0742. The molecule has 0 aliphatic heterocycles. The number of halogens is 4. The van der Waals surface area contributed by atoms with Crippen LogP contribution >= 0.6 is 46.4 Å². The average molecular weight is 352 g/mol. The Morgan fingerprint density at radius 3 is 2.26 bits per heavy atom. The van der Waals surface area contributed by atoms with E-state index in [4.69, 9.17) is 51.1 Å². The van der Waals surface area contributed by atoms with Crippen LogP contribution in [0.1, 0.15) is 45.4 Å². The molecule has 0 N–H and O–H groups in total. The smallest absolute Gasteiger partial charge is 0.306 e. The Labute approximate surface area is 133 Å². The van der Waals surface area contributed by atoms with Crippen LogP contribution in [0.25, 0.3) is 0 Å². The van der Waals surface area contributed by atoms with Gasteiger partial charge in [0.2, 0.25) is 9.03 Å². The number of carbonyl (C=O) groups is 2. The Balaban J connectivity index is 4.05. The Morgan fingerprint density at radius 1 is 1.16 bits per heavy atom. The standard InChI is InChI=1S/C12H18Cl4O3/c1-2-3-4-5-6-9(11(13)18)7-10(17)19-8-12(14,15)16/h9H,2-8H2,1H3/t9-/m1/s1.